The van der Waals surface area contributed by atoms with Crippen LogP contribution in [0, 0.1) is 13.8 Å². The Balaban J connectivity index is 1.94. The maximum Gasteiger partial charge on any atom is 0.300 e. The molecular formula is C23H18BrNO4. The minimum absolute atomic E-state index is 0.00757. The lowest BCUT2D eigenvalue weighted by molar-refractivity contribution is -0.132. The molecule has 1 unspecified atom stereocenters. The molecule has 1 fully saturated rings. The molecule has 1 amide bonds. The van der Waals surface area contributed by atoms with E-state index < -0.39 is 17.7 Å². The van der Waals surface area contributed by atoms with Crippen molar-refractivity contribution in [3.8, 4) is 0 Å². The van der Waals surface area contributed by atoms with Crippen LogP contribution in [0.3, 0.4) is 0 Å². The van der Waals surface area contributed by atoms with Gasteiger partial charge in [0.1, 0.15) is 23.3 Å². The van der Waals surface area contributed by atoms with Crippen LogP contribution >= 0.6 is 15.9 Å². The molecule has 1 N–H and O–H groups in total. The van der Waals surface area contributed by atoms with E-state index in [1.54, 1.807) is 49.4 Å². The molecule has 0 aliphatic carbocycles. The van der Waals surface area contributed by atoms with E-state index in [2.05, 4.69) is 15.9 Å². The number of Topliss-reactive ketones (excluding diaryl/α,β-unsaturated/α-hetero) is 1. The monoisotopic (exact) mass is 451 g/mol. The van der Waals surface area contributed by atoms with Gasteiger partial charge in [0.25, 0.3) is 11.7 Å². The van der Waals surface area contributed by atoms with Gasteiger partial charge >= 0.3 is 0 Å². The van der Waals surface area contributed by atoms with Crippen LogP contribution in [0.15, 0.2) is 75.1 Å². The number of aliphatic hydroxyl groups is 1. The first-order chi connectivity index (χ1) is 13.9. The third-order valence-corrected chi connectivity index (χ3v) is 5.38. The highest BCUT2D eigenvalue weighted by atomic mass is 79.9. The molecule has 1 atom stereocenters. The molecule has 1 aliphatic heterocycles. The fraction of sp³-hybridized carbons (Fsp3) is 0.130. The maximum atomic E-state index is 13.0. The van der Waals surface area contributed by atoms with Crippen molar-refractivity contribution in [1.82, 2.24) is 0 Å². The number of aliphatic hydroxyl groups excluding tert-OH is 1. The second kappa shape index (κ2) is 7.37. The minimum Gasteiger partial charge on any atom is -0.507 e. The molecule has 5 nitrogen and oxygen atoms in total. The summed E-state index contributed by atoms with van der Waals surface area (Å²) in [5.74, 6) is -0.622. The van der Waals surface area contributed by atoms with Crippen LogP contribution in [0.25, 0.3) is 5.76 Å². The molecular weight excluding hydrogens is 434 g/mol. The first-order valence-corrected chi connectivity index (χ1v) is 9.86. The van der Waals surface area contributed by atoms with Crippen molar-refractivity contribution in [2.45, 2.75) is 19.9 Å². The van der Waals surface area contributed by atoms with Gasteiger partial charge < -0.3 is 9.52 Å². The van der Waals surface area contributed by atoms with Crippen LogP contribution in [-0.4, -0.2) is 16.8 Å². The minimum atomic E-state index is -0.862. The molecule has 0 spiro atoms. The van der Waals surface area contributed by atoms with Gasteiger partial charge in [-0.15, -0.1) is 0 Å². The highest BCUT2D eigenvalue weighted by Gasteiger charge is 2.48. The Morgan fingerprint density at radius 2 is 1.76 bits per heavy atom. The van der Waals surface area contributed by atoms with Gasteiger partial charge in [-0.3, -0.25) is 14.5 Å². The molecule has 0 saturated carbocycles. The number of halogens is 1. The average molecular weight is 452 g/mol. The van der Waals surface area contributed by atoms with E-state index in [4.69, 9.17) is 4.42 Å². The van der Waals surface area contributed by atoms with Gasteiger partial charge in [-0.2, -0.15) is 0 Å². The first-order valence-electron chi connectivity index (χ1n) is 9.07. The van der Waals surface area contributed by atoms with Crippen LogP contribution in [0.1, 0.15) is 28.7 Å². The lowest BCUT2D eigenvalue weighted by atomic mass is 9.98. The molecule has 29 heavy (non-hydrogen) atoms. The quantitative estimate of drug-likeness (QED) is 0.333. The summed E-state index contributed by atoms with van der Waals surface area (Å²) in [7, 11) is 0. The summed E-state index contributed by atoms with van der Waals surface area (Å²) in [6.45, 7) is 3.72. The number of benzene rings is 2. The van der Waals surface area contributed by atoms with Crippen LogP contribution in [-0.2, 0) is 9.59 Å². The van der Waals surface area contributed by atoms with Gasteiger partial charge in [0.2, 0.25) is 0 Å². The van der Waals surface area contributed by atoms with Crippen molar-refractivity contribution in [2.75, 3.05) is 4.90 Å². The van der Waals surface area contributed by atoms with Crippen LogP contribution in [0.5, 0.6) is 0 Å². The topological polar surface area (TPSA) is 70.8 Å². The van der Waals surface area contributed by atoms with Gasteiger partial charge in [0.05, 0.1) is 5.57 Å². The maximum absolute atomic E-state index is 13.0. The summed E-state index contributed by atoms with van der Waals surface area (Å²) in [5, 5.41) is 11.0. The number of ketones is 1. The zero-order valence-electron chi connectivity index (χ0n) is 15.8. The standard InChI is InChI=1S/C23H18BrNO4/c1-13-6-9-15(10-7-13)21(26)19-20(18-11-8-14(2)29-18)25(23(28)22(19)27)17-5-3-4-16(24)12-17/h3-12,20,26H,1-2H3/b21-19-. The van der Waals surface area contributed by atoms with Gasteiger partial charge in [-0.1, -0.05) is 51.8 Å². The van der Waals surface area contributed by atoms with Gasteiger partial charge in [0, 0.05) is 15.7 Å². The number of aryl methyl sites for hydroxylation is 2. The number of rotatable bonds is 3. The lowest BCUT2D eigenvalue weighted by Gasteiger charge is -2.23. The summed E-state index contributed by atoms with van der Waals surface area (Å²) in [6.07, 6.45) is 0. The summed E-state index contributed by atoms with van der Waals surface area (Å²) >= 11 is 3.40. The molecule has 6 heteroatoms. The largest absolute Gasteiger partial charge is 0.507 e. The number of carbonyl (C=O) groups excluding carboxylic acids is 2. The summed E-state index contributed by atoms with van der Waals surface area (Å²) in [4.78, 5) is 27.3. The van der Waals surface area contributed by atoms with E-state index in [1.165, 1.54) is 4.90 Å². The normalized spacial score (nSPS) is 18.4. The number of amides is 1. The second-order valence-corrected chi connectivity index (χ2v) is 7.88. The Hall–Kier alpha value is -3.12. The Labute approximate surface area is 176 Å². The van der Waals surface area contributed by atoms with Gasteiger partial charge in [-0.05, 0) is 44.2 Å². The fourth-order valence-electron chi connectivity index (χ4n) is 3.46. The van der Waals surface area contributed by atoms with E-state index in [-0.39, 0.29) is 11.3 Å². The third kappa shape index (κ3) is 3.40. The highest BCUT2D eigenvalue weighted by Crippen LogP contribution is 2.43. The zero-order chi connectivity index (χ0) is 20.7. The molecule has 0 bridgehead atoms. The molecule has 2 aromatic carbocycles. The van der Waals surface area contributed by atoms with Gasteiger partial charge in [-0.25, -0.2) is 0 Å². The fourth-order valence-corrected chi connectivity index (χ4v) is 3.85. The number of hydrogen-bond acceptors (Lipinski definition) is 4. The Bertz CT molecular complexity index is 1140. The summed E-state index contributed by atoms with van der Waals surface area (Å²) < 4.78 is 6.55. The van der Waals surface area contributed by atoms with E-state index in [9.17, 15) is 14.7 Å². The molecule has 3 aromatic rings. The van der Waals surface area contributed by atoms with Gasteiger partial charge in [0.15, 0.2) is 0 Å². The number of hydrogen-bond donors (Lipinski definition) is 1. The molecule has 1 saturated heterocycles. The lowest BCUT2D eigenvalue weighted by Crippen LogP contribution is -2.29. The van der Waals surface area contributed by atoms with Crippen molar-refractivity contribution < 1.29 is 19.1 Å². The molecule has 4 rings (SSSR count). The molecule has 2 heterocycles. The van der Waals surface area contributed by atoms with Crippen LogP contribution in [0.4, 0.5) is 5.69 Å². The molecule has 0 radical (unpaired) electrons. The summed E-state index contributed by atoms with van der Waals surface area (Å²) in [5.41, 5.74) is 2.03. The smallest absolute Gasteiger partial charge is 0.300 e. The molecule has 1 aliphatic rings. The predicted molar refractivity (Wildman–Crippen MR) is 114 cm³/mol. The second-order valence-electron chi connectivity index (χ2n) is 6.96. The van der Waals surface area contributed by atoms with E-state index >= 15 is 0 Å². The van der Waals surface area contributed by atoms with Crippen molar-refractivity contribution in [2.24, 2.45) is 0 Å². The third-order valence-electron chi connectivity index (χ3n) is 4.89. The zero-order valence-corrected chi connectivity index (χ0v) is 17.4. The van der Waals surface area contributed by atoms with Crippen LogP contribution < -0.4 is 4.90 Å². The van der Waals surface area contributed by atoms with Crippen molar-refractivity contribution in [1.29, 1.82) is 0 Å². The van der Waals surface area contributed by atoms with E-state index in [1.807, 2.05) is 25.1 Å². The Morgan fingerprint density at radius 1 is 1.03 bits per heavy atom. The molecule has 146 valence electrons. The van der Waals surface area contributed by atoms with E-state index in [0.717, 1.165) is 10.0 Å². The van der Waals surface area contributed by atoms with Crippen molar-refractivity contribution in [3.63, 3.8) is 0 Å². The number of anilines is 1. The van der Waals surface area contributed by atoms with Crippen molar-refractivity contribution in [3.05, 3.63) is 93.4 Å². The van der Waals surface area contributed by atoms with Crippen molar-refractivity contribution >= 4 is 39.1 Å². The Kier molecular flexibility index (Phi) is 4.88. The SMILES string of the molecule is Cc1ccc(/C(O)=C2/C(=O)C(=O)N(c3cccc(Br)c3)C2c2ccc(C)o2)cc1. The van der Waals surface area contributed by atoms with E-state index in [0.29, 0.717) is 22.8 Å². The first kappa shape index (κ1) is 19.2. The Morgan fingerprint density at radius 3 is 2.38 bits per heavy atom. The number of carbonyl (C=O) groups is 2. The number of nitrogens with zero attached hydrogens (tertiary/aromatic N) is 1. The highest BCUT2D eigenvalue weighted by molar-refractivity contribution is 9.10. The molecule has 1 aromatic heterocycles. The predicted octanol–water partition coefficient (Wildman–Crippen LogP) is 5.29. The van der Waals surface area contributed by atoms with Crippen LogP contribution in [0.2, 0.25) is 0 Å². The summed E-state index contributed by atoms with van der Waals surface area (Å²) in [6, 6.07) is 16.9. The average Bonchev–Trinajstić information content (AvgIpc) is 3.23. The number of furan rings is 1.